The molecule has 7 rings (SSSR count). The molecule has 2 unspecified atom stereocenters. The molecule has 1 heterocycles. The van der Waals surface area contributed by atoms with Crippen molar-refractivity contribution in [2.24, 2.45) is 11.8 Å². The molecule has 0 amide bonds. The van der Waals surface area contributed by atoms with E-state index in [4.69, 9.17) is 4.84 Å². The molecule has 0 bridgehead atoms. The quantitative estimate of drug-likeness (QED) is 0.471. The summed E-state index contributed by atoms with van der Waals surface area (Å²) in [5.41, 5.74) is 13.9. The predicted molar refractivity (Wildman–Crippen MR) is 133 cm³/mol. The third-order valence-electron chi connectivity index (χ3n) is 8.90. The van der Waals surface area contributed by atoms with Crippen molar-refractivity contribution in [2.45, 2.75) is 56.8 Å². The Kier molecular flexibility index (Phi) is 4.43. The van der Waals surface area contributed by atoms with Crippen molar-refractivity contribution < 1.29 is 4.84 Å². The first kappa shape index (κ1) is 19.5. The average Bonchev–Trinajstić information content (AvgIpc) is 3.44. The molecule has 2 nitrogen and oxygen atoms in total. The number of para-hydroxylation sites is 1. The molecule has 33 heavy (non-hydrogen) atoms. The summed E-state index contributed by atoms with van der Waals surface area (Å²) < 4.78 is 0. The Labute approximate surface area is 196 Å². The van der Waals surface area contributed by atoms with Crippen LogP contribution in [0.3, 0.4) is 0 Å². The van der Waals surface area contributed by atoms with Gasteiger partial charge in [-0.3, -0.25) is 0 Å². The van der Waals surface area contributed by atoms with Crippen LogP contribution in [0.15, 0.2) is 78.5 Å². The Bertz CT molecular complexity index is 1240. The first-order valence-electron chi connectivity index (χ1n) is 12.8. The summed E-state index contributed by atoms with van der Waals surface area (Å²) in [6.07, 6.45) is 10.0. The summed E-state index contributed by atoms with van der Waals surface area (Å²) in [6.45, 7) is 0. The van der Waals surface area contributed by atoms with Crippen LogP contribution in [0.1, 0.15) is 66.3 Å². The van der Waals surface area contributed by atoms with E-state index in [1.54, 1.807) is 0 Å². The van der Waals surface area contributed by atoms with Gasteiger partial charge in [-0.05, 0) is 71.9 Å². The van der Waals surface area contributed by atoms with Gasteiger partial charge in [0.2, 0.25) is 0 Å². The summed E-state index contributed by atoms with van der Waals surface area (Å²) in [7, 11) is 0. The molecule has 3 aromatic carbocycles. The minimum Gasteiger partial charge on any atom is -0.382 e. The Morgan fingerprint density at radius 3 is 2.30 bits per heavy atom. The normalized spacial score (nSPS) is 25.9. The van der Waals surface area contributed by atoms with Crippen LogP contribution in [0.4, 0.5) is 0 Å². The number of fused-ring (bicyclic) bond motifs is 5. The molecule has 3 aromatic rings. The van der Waals surface area contributed by atoms with Crippen molar-refractivity contribution >= 4 is 5.57 Å². The van der Waals surface area contributed by atoms with E-state index in [0.717, 1.165) is 18.6 Å². The predicted octanol–water partition coefficient (Wildman–Crippen LogP) is 6.98. The van der Waals surface area contributed by atoms with E-state index >= 15 is 0 Å². The minimum absolute atomic E-state index is 0.0328. The van der Waals surface area contributed by atoms with E-state index in [1.165, 1.54) is 77.6 Å². The van der Waals surface area contributed by atoms with Gasteiger partial charge >= 0.3 is 0 Å². The summed E-state index contributed by atoms with van der Waals surface area (Å²) in [5, 5.41) is 0. The van der Waals surface area contributed by atoms with Crippen molar-refractivity contribution in [2.75, 3.05) is 0 Å². The minimum atomic E-state index is 0.0328. The molecule has 0 radical (unpaired) electrons. The number of hydrogen-bond acceptors (Lipinski definition) is 2. The summed E-state index contributed by atoms with van der Waals surface area (Å²) in [6, 6.07) is 27.1. The summed E-state index contributed by atoms with van der Waals surface area (Å²) in [4.78, 5) is 6.25. The topological polar surface area (TPSA) is 21.3 Å². The average molecular weight is 434 g/mol. The zero-order valence-electron chi connectivity index (χ0n) is 19.1. The van der Waals surface area contributed by atoms with Crippen LogP contribution in [0.25, 0.3) is 5.57 Å². The lowest BCUT2D eigenvalue weighted by Crippen LogP contribution is -2.40. The summed E-state index contributed by atoms with van der Waals surface area (Å²) >= 11 is 0. The smallest absolute Gasteiger partial charge is 0.162 e. The van der Waals surface area contributed by atoms with Gasteiger partial charge in [0.25, 0.3) is 0 Å². The highest BCUT2D eigenvalue weighted by atomic mass is 16.6. The Hall–Kier alpha value is -3.00. The van der Waals surface area contributed by atoms with Crippen molar-refractivity contribution in [3.8, 4) is 5.75 Å². The highest BCUT2D eigenvalue weighted by Crippen LogP contribution is 2.59. The number of aryl methyl sites for hydroxylation is 1. The van der Waals surface area contributed by atoms with Gasteiger partial charge in [0.15, 0.2) is 5.75 Å². The maximum atomic E-state index is 6.25. The van der Waals surface area contributed by atoms with Gasteiger partial charge in [-0.1, -0.05) is 86.0 Å². The number of benzene rings is 3. The lowest BCUT2D eigenvalue weighted by atomic mass is 9.67. The first-order chi connectivity index (χ1) is 16.4. The van der Waals surface area contributed by atoms with Gasteiger partial charge in [-0.2, -0.15) is 0 Å². The van der Waals surface area contributed by atoms with Crippen molar-refractivity contribution in [1.29, 1.82) is 0 Å². The van der Waals surface area contributed by atoms with Gasteiger partial charge in [0, 0.05) is 16.9 Å². The van der Waals surface area contributed by atoms with Crippen molar-refractivity contribution in [3.05, 3.63) is 106 Å². The molecule has 1 N–H and O–H groups in total. The molecule has 2 heteroatoms. The molecule has 2 atom stereocenters. The molecule has 166 valence electrons. The van der Waals surface area contributed by atoms with Crippen LogP contribution < -0.4 is 10.3 Å². The molecule has 1 fully saturated rings. The monoisotopic (exact) mass is 433 g/mol. The fourth-order valence-electron chi connectivity index (χ4n) is 7.52. The van der Waals surface area contributed by atoms with E-state index in [-0.39, 0.29) is 5.41 Å². The third kappa shape index (κ3) is 2.79. The Morgan fingerprint density at radius 1 is 0.758 bits per heavy atom. The highest BCUT2D eigenvalue weighted by molar-refractivity contribution is 5.77. The number of rotatable bonds is 2. The van der Waals surface area contributed by atoms with Crippen LogP contribution in [-0.4, -0.2) is 0 Å². The van der Waals surface area contributed by atoms with Gasteiger partial charge in [0.05, 0.1) is 5.70 Å². The van der Waals surface area contributed by atoms with Crippen LogP contribution >= 0.6 is 0 Å². The molecular weight excluding hydrogens is 402 g/mol. The number of nitrogens with one attached hydrogen (secondary N) is 1. The second-order valence-corrected chi connectivity index (χ2v) is 10.4. The second-order valence-electron chi connectivity index (χ2n) is 10.4. The second kappa shape index (κ2) is 7.52. The zero-order chi connectivity index (χ0) is 21.8. The van der Waals surface area contributed by atoms with Gasteiger partial charge < -0.3 is 4.84 Å². The first-order valence-corrected chi connectivity index (χ1v) is 12.8. The van der Waals surface area contributed by atoms with E-state index < -0.39 is 0 Å². The van der Waals surface area contributed by atoms with Gasteiger partial charge in [0.1, 0.15) is 0 Å². The molecule has 3 aliphatic carbocycles. The molecule has 1 spiro atoms. The molecule has 0 aromatic heterocycles. The largest absolute Gasteiger partial charge is 0.382 e. The fourth-order valence-corrected chi connectivity index (χ4v) is 7.52. The molecule has 4 aliphatic rings. The number of hydrogen-bond donors (Lipinski definition) is 1. The van der Waals surface area contributed by atoms with Crippen molar-refractivity contribution in [3.63, 3.8) is 0 Å². The molecule has 1 aliphatic heterocycles. The van der Waals surface area contributed by atoms with Crippen LogP contribution in [0.2, 0.25) is 0 Å². The third-order valence-corrected chi connectivity index (χ3v) is 8.90. The fraction of sp³-hybridized carbons (Fsp3) is 0.355. The highest BCUT2D eigenvalue weighted by Gasteiger charge is 2.53. The standard InChI is InChI=1S/C31H31NO/c1-2-11-22(12-3-1)29-24-14-6-9-17-28(24)33-32-30(29)27-20-23-13-5-8-16-26(23)31(27)19-18-21-10-4-7-15-25(21)31/h4-10,13-17,22,27,32H,1-3,11-12,18-20H2. The van der Waals surface area contributed by atoms with Crippen molar-refractivity contribution in [1.82, 2.24) is 5.48 Å². The van der Waals surface area contributed by atoms with E-state index in [9.17, 15) is 0 Å². The summed E-state index contributed by atoms with van der Waals surface area (Å²) in [5.74, 6) is 1.98. The SMILES string of the molecule is c1ccc2c(c1)CCC21c2ccccc2CC1C1=C(C2CCCCC2)c2ccccc2ON1. The van der Waals surface area contributed by atoms with Gasteiger partial charge in [-0.25, -0.2) is 5.48 Å². The van der Waals surface area contributed by atoms with Crippen LogP contribution in [0, 0.1) is 11.8 Å². The Morgan fingerprint density at radius 2 is 1.45 bits per heavy atom. The maximum absolute atomic E-state index is 6.25. The maximum Gasteiger partial charge on any atom is 0.162 e. The Balaban J connectivity index is 1.47. The van der Waals surface area contributed by atoms with Crippen LogP contribution in [0.5, 0.6) is 5.75 Å². The lowest BCUT2D eigenvalue weighted by molar-refractivity contribution is 0.192. The number of hydroxylamine groups is 1. The number of allylic oxidation sites excluding steroid dienone is 2. The lowest BCUT2D eigenvalue weighted by Gasteiger charge is -2.40. The van der Waals surface area contributed by atoms with E-state index in [2.05, 4.69) is 78.3 Å². The molecule has 0 saturated heterocycles. The van der Waals surface area contributed by atoms with E-state index in [1.807, 2.05) is 0 Å². The molecular formula is C31H31NO. The van der Waals surface area contributed by atoms with Gasteiger partial charge in [-0.15, -0.1) is 0 Å². The zero-order valence-corrected chi connectivity index (χ0v) is 19.1. The molecule has 1 saturated carbocycles. The van der Waals surface area contributed by atoms with E-state index in [0.29, 0.717) is 11.8 Å². The van der Waals surface area contributed by atoms with Crippen LogP contribution in [-0.2, 0) is 18.3 Å².